The van der Waals surface area contributed by atoms with E-state index in [0.717, 1.165) is 5.56 Å². The Morgan fingerprint density at radius 1 is 1.33 bits per heavy atom. The highest BCUT2D eigenvalue weighted by Gasteiger charge is 2.17. The van der Waals surface area contributed by atoms with Crippen molar-refractivity contribution in [1.29, 1.82) is 0 Å². The van der Waals surface area contributed by atoms with E-state index in [1.54, 1.807) is 22.6 Å². The summed E-state index contributed by atoms with van der Waals surface area (Å²) in [5, 5.41) is 13.9. The maximum Gasteiger partial charge on any atom is 0.293 e. The minimum absolute atomic E-state index is 0.106. The van der Waals surface area contributed by atoms with Crippen LogP contribution in [0.3, 0.4) is 0 Å². The van der Waals surface area contributed by atoms with Gasteiger partial charge in [-0.3, -0.25) is 10.1 Å². The van der Waals surface area contributed by atoms with E-state index in [2.05, 4.69) is 11.4 Å². The predicted octanol–water partition coefficient (Wildman–Crippen LogP) is 4.30. The largest absolute Gasteiger partial charge is 0.379 e. The standard InChI is InChI=1S/C15H14FIN2O2/c1-10-3-2-4-11(7-10)5-6-18-14-8-12(16)13(17)9-15(14)19(20)21/h2-4,7-9,18H,5-6H2,1H3. The average molecular weight is 400 g/mol. The Morgan fingerprint density at radius 2 is 2.10 bits per heavy atom. The first kappa shape index (κ1) is 15.7. The number of anilines is 1. The van der Waals surface area contributed by atoms with Crippen molar-refractivity contribution in [3.8, 4) is 0 Å². The molecule has 0 spiro atoms. The van der Waals surface area contributed by atoms with E-state index in [4.69, 9.17) is 0 Å². The zero-order valence-corrected chi connectivity index (χ0v) is 13.6. The van der Waals surface area contributed by atoms with E-state index in [-0.39, 0.29) is 14.9 Å². The monoisotopic (exact) mass is 400 g/mol. The van der Waals surface area contributed by atoms with Gasteiger partial charge in [-0.15, -0.1) is 0 Å². The molecular weight excluding hydrogens is 386 g/mol. The molecule has 2 rings (SSSR count). The fourth-order valence-electron chi connectivity index (χ4n) is 2.04. The van der Waals surface area contributed by atoms with Gasteiger partial charge in [-0.1, -0.05) is 29.8 Å². The van der Waals surface area contributed by atoms with Gasteiger partial charge in [-0.25, -0.2) is 4.39 Å². The van der Waals surface area contributed by atoms with Crippen molar-refractivity contribution in [2.24, 2.45) is 0 Å². The summed E-state index contributed by atoms with van der Waals surface area (Å²) in [5.41, 5.74) is 2.41. The minimum atomic E-state index is -0.503. The third-order valence-corrected chi connectivity index (χ3v) is 3.87. The molecule has 0 amide bonds. The molecule has 0 heterocycles. The third kappa shape index (κ3) is 4.13. The fourth-order valence-corrected chi connectivity index (χ4v) is 2.49. The molecule has 1 N–H and O–H groups in total. The molecule has 2 aromatic rings. The average Bonchev–Trinajstić information content (AvgIpc) is 2.42. The molecule has 0 bridgehead atoms. The van der Waals surface area contributed by atoms with Gasteiger partial charge in [0, 0.05) is 18.7 Å². The Labute approximate surface area is 135 Å². The number of halogens is 2. The Bertz CT molecular complexity index is 677. The lowest BCUT2D eigenvalue weighted by molar-refractivity contribution is -0.384. The van der Waals surface area contributed by atoms with Crippen LogP contribution in [-0.2, 0) is 6.42 Å². The molecule has 4 nitrogen and oxygen atoms in total. The second kappa shape index (κ2) is 6.84. The van der Waals surface area contributed by atoms with Crippen LogP contribution in [0.4, 0.5) is 15.8 Å². The van der Waals surface area contributed by atoms with Crippen LogP contribution in [-0.4, -0.2) is 11.5 Å². The van der Waals surface area contributed by atoms with Crippen LogP contribution in [0.2, 0.25) is 0 Å². The molecule has 110 valence electrons. The Hall–Kier alpha value is -1.70. The molecule has 0 saturated carbocycles. The molecule has 21 heavy (non-hydrogen) atoms. The number of nitrogens with one attached hydrogen (secondary N) is 1. The summed E-state index contributed by atoms with van der Waals surface area (Å²) < 4.78 is 13.8. The van der Waals surface area contributed by atoms with Gasteiger partial charge in [0.1, 0.15) is 11.5 Å². The van der Waals surface area contributed by atoms with Crippen molar-refractivity contribution in [1.82, 2.24) is 0 Å². The van der Waals surface area contributed by atoms with Crippen molar-refractivity contribution < 1.29 is 9.31 Å². The molecule has 0 aliphatic carbocycles. The molecular formula is C15H14FIN2O2. The minimum Gasteiger partial charge on any atom is -0.379 e. The Balaban J connectivity index is 2.09. The third-order valence-electron chi connectivity index (χ3n) is 3.05. The molecule has 0 unspecified atom stereocenters. The van der Waals surface area contributed by atoms with Crippen molar-refractivity contribution in [2.45, 2.75) is 13.3 Å². The Kier molecular flexibility index (Phi) is 5.11. The van der Waals surface area contributed by atoms with E-state index < -0.39 is 10.7 Å². The molecule has 0 aliphatic heterocycles. The number of rotatable bonds is 5. The van der Waals surface area contributed by atoms with Gasteiger partial charge >= 0.3 is 0 Å². The molecule has 0 radical (unpaired) electrons. The van der Waals surface area contributed by atoms with Crippen LogP contribution in [0, 0.1) is 26.4 Å². The first-order valence-electron chi connectivity index (χ1n) is 6.40. The van der Waals surface area contributed by atoms with E-state index in [1.165, 1.54) is 17.7 Å². The van der Waals surface area contributed by atoms with Crippen molar-refractivity contribution in [3.05, 3.63) is 67.0 Å². The lowest BCUT2D eigenvalue weighted by Crippen LogP contribution is -2.08. The van der Waals surface area contributed by atoms with Gasteiger partial charge in [0.25, 0.3) is 5.69 Å². The molecule has 0 aromatic heterocycles. The number of aryl methyl sites for hydroxylation is 1. The maximum atomic E-state index is 13.6. The molecule has 0 saturated heterocycles. The summed E-state index contributed by atoms with van der Waals surface area (Å²) in [7, 11) is 0. The molecule has 0 aliphatic rings. The number of nitro groups is 1. The maximum absolute atomic E-state index is 13.6. The number of nitrogens with zero attached hydrogens (tertiary/aromatic N) is 1. The molecule has 6 heteroatoms. The van der Waals surface area contributed by atoms with Crippen LogP contribution >= 0.6 is 22.6 Å². The van der Waals surface area contributed by atoms with Crippen LogP contribution in [0.1, 0.15) is 11.1 Å². The zero-order valence-electron chi connectivity index (χ0n) is 11.4. The summed E-state index contributed by atoms with van der Waals surface area (Å²) in [6.07, 6.45) is 0.715. The summed E-state index contributed by atoms with van der Waals surface area (Å²) in [5.74, 6) is -0.459. The van der Waals surface area contributed by atoms with Gasteiger partial charge in [0.15, 0.2) is 0 Å². The van der Waals surface area contributed by atoms with Gasteiger partial charge in [-0.2, -0.15) is 0 Å². The Morgan fingerprint density at radius 3 is 2.76 bits per heavy atom. The van der Waals surface area contributed by atoms with E-state index >= 15 is 0 Å². The van der Waals surface area contributed by atoms with Gasteiger partial charge < -0.3 is 5.32 Å². The molecule has 0 fully saturated rings. The van der Waals surface area contributed by atoms with Crippen LogP contribution in [0.5, 0.6) is 0 Å². The lowest BCUT2D eigenvalue weighted by atomic mass is 10.1. The molecule has 2 aromatic carbocycles. The van der Waals surface area contributed by atoms with E-state index in [9.17, 15) is 14.5 Å². The summed E-state index contributed by atoms with van der Waals surface area (Å²) >= 11 is 1.74. The van der Waals surface area contributed by atoms with E-state index in [1.807, 2.05) is 25.1 Å². The zero-order chi connectivity index (χ0) is 15.4. The first-order chi connectivity index (χ1) is 9.97. The normalized spacial score (nSPS) is 10.4. The first-order valence-corrected chi connectivity index (χ1v) is 7.48. The summed E-state index contributed by atoms with van der Waals surface area (Å²) in [6, 6.07) is 10.5. The predicted molar refractivity (Wildman–Crippen MR) is 89.1 cm³/mol. The number of nitro benzene ring substituents is 1. The highest BCUT2D eigenvalue weighted by molar-refractivity contribution is 14.1. The summed E-state index contributed by atoms with van der Waals surface area (Å²) in [6.45, 7) is 2.51. The second-order valence-electron chi connectivity index (χ2n) is 4.71. The van der Waals surface area contributed by atoms with Crippen molar-refractivity contribution in [3.63, 3.8) is 0 Å². The van der Waals surface area contributed by atoms with Gasteiger partial charge in [-0.05, 0) is 41.5 Å². The molecule has 0 atom stereocenters. The lowest BCUT2D eigenvalue weighted by Gasteiger charge is -2.08. The summed E-state index contributed by atoms with van der Waals surface area (Å²) in [4.78, 5) is 10.5. The van der Waals surface area contributed by atoms with Gasteiger partial charge in [0.05, 0.1) is 8.49 Å². The second-order valence-corrected chi connectivity index (χ2v) is 5.87. The number of hydrogen-bond donors (Lipinski definition) is 1. The highest BCUT2D eigenvalue weighted by atomic mass is 127. The van der Waals surface area contributed by atoms with E-state index in [0.29, 0.717) is 13.0 Å². The smallest absolute Gasteiger partial charge is 0.293 e. The quantitative estimate of drug-likeness (QED) is 0.463. The fraction of sp³-hybridized carbons (Fsp3) is 0.200. The SMILES string of the molecule is Cc1cccc(CCNc2cc(F)c(I)cc2[N+](=O)[O-])c1. The number of hydrogen-bond acceptors (Lipinski definition) is 3. The van der Waals surface area contributed by atoms with Crippen molar-refractivity contribution in [2.75, 3.05) is 11.9 Å². The highest BCUT2D eigenvalue weighted by Crippen LogP contribution is 2.28. The van der Waals surface area contributed by atoms with Crippen molar-refractivity contribution >= 4 is 34.0 Å². The number of benzene rings is 2. The van der Waals surface area contributed by atoms with Crippen LogP contribution in [0.25, 0.3) is 0 Å². The topological polar surface area (TPSA) is 55.2 Å². The van der Waals surface area contributed by atoms with Crippen LogP contribution in [0.15, 0.2) is 36.4 Å². The van der Waals surface area contributed by atoms with Crippen LogP contribution < -0.4 is 5.32 Å². The van der Waals surface area contributed by atoms with Gasteiger partial charge in [0.2, 0.25) is 0 Å².